The van der Waals surface area contributed by atoms with E-state index in [0.717, 1.165) is 17.8 Å². The Morgan fingerprint density at radius 1 is 1.47 bits per heavy atom. The maximum Gasteiger partial charge on any atom is 0.307 e. The van der Waals surface area contributed by atoms with E-state index in [2.05, 4.69) is 5.32 Å². The van der Waals surface area contributed by atoms with Crippen LogP contribution in [0.1, 0.15) is 12.5 Å². The zero-order chi connectivity index (χ0) is 10.8. The van der Waals surface area contributed by atoms with Crippen LogP contribution >= 0.6 is 0 Å². The van der Waals surface area contributed by atoms with E-state index in [4.69, 9.17) is 5.11 Å². The highest BCUT2D eigenvalue weighted by molar-refractivity contribution is 5.72. The number of carbonyl (C=O) groups is 1. The van der Waals surface area contributed by atoms with Crippen molar-refractivity contribution in [3.63, 3.8) is 0 Å². The molecule has 15 heavy (non-hydrogen) atoms. The molecule has 1 aliphatic heterocycles. The van der Waals surface area contributed by atoms with Crippen LogP contribution < -0.4 is 5.32 Å². The topological polar surface area (TPSA) is 49.3 Å². The summed E-state index contributed by atoms with van der Waals surface area (Å²) in [6.07, 6.45) is 0.625. The van der Waals surface area contributed by atoms with E-state index in [1.54, 1.807) is 0 Å². The third-order valence-corrected chi connectivity index (χ3v) is 3.08. The molecule has 0 spiro atoms. The van der Waals surface area contributed by atoms with Crippen molar-refractivity contribution in [2.24, 2.45) is 11.8 Å². The number of fused-ring (bicyclic) bond motifs is 1. The first-order chi connectivity index (χ1) is 7.18. The van der Waals surface area contributed by atoms with Crippen molar-refractivity contribution >= 4 is 11.7 Å². The number of anilines is 1. The van der Waals surface area contributed by atoms with Gasteiger partial charge in [0.05, 0.1) is 5.92 Å². The van der Waals surface area contributed by atoms with Crippen LogP contribution in [0.25, 0.3) is 0 Å². The third kappa shape index (κ3) is 1.96. The van der Waals surface area contributed by atoms with Gasteiger partial charge in [0.1, 0.15) is 0 Å². The maximum atomic E-state index is 11.1. The highest BCUT2D eigenvalue weighted by atomic mass is 16.4. The van der Waals surface area contributed by atoms with Gasteiger partial charge in [0.15, 0.2) is 0 Å². The second kappa shape index (κ2) is 3.93. The van der Waals surface area contributed by atoms with Crippen molar-refractivity contribution in [1.29, 1.82) is 0 Å². The fourth-order valence-corrected chi connectivity index (χ4v) is 2.05. The molecule has 2 rings (SSSR count). The van der Waals surface area contributed by atoms with Crippen molar-refractivity contribution in [2.45, 2.75) is 13.3 Å². The molecule has 1 unspecified atom stereocenters. The first-order valence-electron chi connectivity index (χ1n) is 5.23. The lowest BCUT2D eigenvalue weighted by Gasteiger charge is -2.15. The summed E-state index contributed by atoms with van der Waals surface area (Å²) in [6, 6.07) is 7.93. The Kier molecular flexibility index (Phi) is 2.62. The molecule has 1 heterocycles. The minimum atomic E-state index is -0.694. The zero-order valence-corrected chi connectivity index (χ0v) is 8.73. The van der Waals surface area contributed by atoms with Crippen LogP contribution in [-0.4, -0.2) is 17.6 Å². The summed E-state index contributed by atoms with van der Waals surface area (Å²) in [5.41, 5.74) is 2.18. The van der Waals surface area contributed by atoms with E-state index < -0.39 is 5.97 Å². The number of nitrogens with one attached hydrogen (secondary N) is 1. The van der Waals surface area contributed by atoms with E-state index in [1.807, 2.05) is 31.2 Å². The Morgan fingerprint density at radius 3 is 2.93 bits per heavy atom. The third-order valence-electron chi connectivity index (χ3n) is 3.08. The standard InChI is InChI=1S/C12H15NO2/c1-8-7-13-11-5-3-2-4-9(11)6-10(8)12(14)15/h2-5,8,10,13H,6-7H2,1H3,(H,14,15)/t8-,10?/m1/s1. The van der Waals surface area contributed by atoms with Crippen LogP contribution in [0.4, 0.5) is 5.69 Å². The molecule has 3 heteroatoms. The van der Waals surface area contributed by atoms with Crippen LogP contribution in [0.15, 0.2) is 24.3 Å². The molecule has 0 radical (unpaired) electrons. The fraction of sp³-hybridized carbons (Fsp3) is 0.417. The molecule has 0 saturated heterocycles. The van der Waals surface area contributed by atoms with Gasteiger partial charge < -0.3 is 10.4 Å². The molecule has 3 nitrogen and oxygen atoms in total. The molecule has 0 amide bonds. The number of carboxylic acid groups (broad SMARTS) is 1. The molecule has 2 atom stereocenters. The molecule has 2 N–H and O–H groups in total. The molecule has 1 aromatic rings. The summed E-state index contributed by atoms with van der Waals surface area (Å²) in [6.45, 7) is 2.71. The van der Waals surface area contributed by atoms with Gasteiger partial charge in [-0.2, -0.15) is 0 Å². The van der Waals surface area contributed by atoms with Crippen molar-refractivity contribution in [1.82, 2.24) is 0 Å². The summed E-state index contributed by atoms with van der Waals surface area (Å²) in [5, 5.41) is 12.4. The number of para-hydroxylation sites is 1. The highest BCUT2D eigenvalue weighted by Gasteiger charge is 2.28. The largest absolute Gasteiger partial charge is 0.481 e. The van der Waals surface area contributed by atoms with Crippen LogP contribution in [0.3, 0.4) is 0 Å². The summed E-state index contributed by atoms with van der Waals surface area (Å²) in [4.78, 5) is 11.1. The van der Waals surface area contributed by atoms with E-state index in [9.17, 15) is 4.79 Å². The van der Waals surface area contributed by atoms with Crippen LogP contribution in [-0.2, 0) is 11.2 Å². The SMILES string of the molecule is C[C@@H]1CNc2ccccc2CC1C(=O)O. The molecule has 0 aromatic heterocycles. The fourth-order valence-electron chi connectivity index (χ4n) is 2.05. The average molecular weight is 205 g/mol. The molecule has 0 saturated carbocycles. The molecular formula is C12H15NO2. The normalized spacial score (nSPS) is 24.9. The van der Waals surface area contributed by atoms with Crippen LogP contribution in [0.5, 0.6) is 0 Å². The minimum absolute atomic E-state index is 0.162. The minimum Gasteiger partial charge on any atom is -0.481 e. The molecule has 80 valence electrons. The Morgan fingerprint density at radius 2 is 2.20 bits per heavy atom. The molecule has 1 aromatic carbocycles. The number of hydrogen-bond acceptors (Lipinski definition) is 2. The second-order valence-corrected chi connectivity index (χ2v) is 4.16. The lowest BCUT2D eigenvalue weighted by molar-refractivity contribution is -0.143. The monoisotopic (exact) mass is 205 g/mol. The predicted octanol–water partition coefficient (Wildman–Crippen LogP) is 1.99. The van der Waals surface area contributed by atoms with Crippen molar-refractivity contribution < 1.29 is 9.90 Å². The summed E-state index contributed by atoms with van der Waals surface area (Å²) in [5.74, 6) is -0.808. The van der Waals surface area contributed by atoms with E-state index in [-0.39, 0.29) is 11.8 Å². The van der Waals surface area contributed by atoms with Gasteiger partial charge >= 0.3 is 5.97 Å². The average Bonchev–Trinajstić information content (AvgIpc) is 2.39. The lowest BCUT2D eigenvalue weighted by Crippen LogP contribution is -2.26. The van der Waals surface area contributed by atoms with Gasteiger partial charge in [-0.15, -0.1) is 0 Å². The van der Waals surface area contributed by atoms with Gasteiger partial charge in [-0.1, -0.05) is 25.1 Å². The van der Waals surface area contributed by atoms with Gasteiger partial charge in [-0.25, -0.2) is 0 Å². The second-order valence-electron chi connectivity index (χ2n) is 4.16. The maximum absolute atomic E-state index is 11.1. The Hall–Kier alpha value is -1.51. The van der Waals surface area contributed by atoms with Crippen LogP contribution in [0, 0.1) is 11.8 Å². The number of aliphatic carboxylic acids is 1. The summed E-state index contributed by atoms with van der Waals surface area (Å²) < 4.78 is 0. The van der Waals surface area contributed by atoms with Crippen molar-refractivity contribution in [3.05, 3.63) is 29.8 Å². The number of benzene rings is 1. The van der Waals surface area contributed by atoms with E-state index in [1.165, 1.54) is 0 Å². The predicted molar refractivity (Wildman–Crippen MR) is 58.9 cm³/mol. The number of hydrogen-bond donors (Lipinski definition) is 2. The van der Waals surface area contributed by atoms with Gasteiger partial charge in [-0.3, -0.25) is 4.79 Å². The highest BCUT2D eigenvalue weighted by Crippen LogP contribution is 2.27. The van der Waals surface area contributed by atoms with Gasteiger partial charge in [0.2, 0.25) is 0 Å². The van der Waals surface area contributed by atoms with Gasteiger partial charge in [0, 0.05) is 12.2 Å². The molecular weight excluding hydrogens is 190 g/mol. The quantitative estimate of drug-likeness (QED) is 0.737. The van der Waals surface area contributed by atoms with Crippen molar-refractivity contribution in [3.8, 4) is 0 Å². The number of rotatable bonds is 1. The van der Waals surface area contributed by atoms with E-state index in [0.29, 0.717) is 6.42 Å². The van der Waals surface area contributed by atoms with Gasteiger partial charge in [0.25, 0.3) is 0 Å². The van der Waals surface area contributed by atoms with Crippen LogP contribution in [0.2, 0.25) is 0 Å². The molecule has 0 bridgehead atoms. The zero-order valence-electron chi connectivity index (χ0n) is 8.73. The van der Waals surface area contributed by atoms with Gasteiger partial charge in [-0.05, 0) is 24.0 Å². The summed E-state index contributed by atoms with van der Waals surface area (Å²) in [7, 11) is 0. The molecule has 1 aliphatic rings. The molecule has 0 aliphatic carbocycles. The Balaban J connectivity index is 2.31. The smallest absolute Gasteiger partial charge is 0.307 e. The Labute approximate surface area is 89.1 Å². The first-order valence-corrected chi connectivity index (χ1v) is 5.23. The lowest BCUT2D eigenvalue weighted by atomic mass is 9.89. The first kappa shape index (κ1) is 10.0. The van der Waals surface area contributed by atoms with Crippen molar-refractivity contribution in [2.75, 3.05) is 11.9 Å². The van der Waals surface area contributed by atoms with E-state index >= 15 is 0 Å². The number of carboxylic acids is 1. The molecule has 0 fully saturated rings. The summed E-state index contributed by atoms with van der Waals surface area (Å²) >= 11 is 0. The Bertz CT molecular complexity index is 376.